The quantitative estimate of drug-likeness (QED) is 0.782. The van der Waals surface area contributed by atoms with Gasteiger partial charge in [0.15, 0.2) is 0 Å². The molecular formula is C15H21N3O. The molecule has 1 heterocycles. The van der Waals surface area contributed by atoms with Crippen molar-refractivity contribution in [3.63, 3.8) is 0 Å². The number of H-pyrrole nitrogens is 1. The number of carbonyl (C=O) groups excluding carboxylic acids is 1. The van der Waals surface area contributed by atoms with Crippen LogP contribution < -0.4 is 5.32 Å². The van der Waals surface area contributed by atoms with Crippen LogP contribution in [0.1, 0.15) is 49.9 Å². The van der Waals surface area contributed by atoms with Crippen LogP contribution in [-0.2, 0) is 0 Å². The van der Waals surface area contributed by atoms with Gasteiger partial charge in [0.2, 0.25) is 0 Å². The van der Waals surface area contributed by atoms with Crippen LogP contribution in [0, 0.1) is 0 Å². The maximum absolute atomic E-state index is 12.2. The molecule has 102 valence electrons. The average Bonchev–Trinajstić information content (AvgIpc) is 2.86. The molecule has 0 bridgehead atoms. The van der Waals surface area contributed by atoms with Crippen LogP contribution >= 0.6 is 0 Å². The second-order valence-corrected chi connectivity index (χ2v) is 5.01. The topological polar surface area (TPSA) is 57.8 Å². The first-order chi connectivity index (χ1) is 9.22. The van der Waals surface area contributed by atoms with E-state index in [9.17, 15) is 4.79 Å². The molecule has 2 aromatic rings. The van der Waals surface area contributed by atoms with Crippen molar-refractivity contribution < 1.29 is 4.79 Å². The lowest BCUT2D eigenvalue weighted by Gasteiger charge is -2.13. The van der Waals surface area contributed by atoms with Crippen molar-refractivity contribution in [3.8, 4) is 0 Å². The molecule has 1 aromatic heterocycles. The number of hydrogen-bond donors (Lipinski definition) is 2. The minimum atomic E-state index is -0.0288. The first kappa shape index (κ1) is 13.6. The van der Waals surface area contributed by atoms with Crippen LogP contribution in [0.2, 0.25) is 0 Å². The zero-order valence-electron chi connectivity index (χ0n) is 11.6. The maximum atomic E-state index is 12.2. The smallest absolute Gasteiger partial charge is 0.253 e. The third kappa shape index (κ3) is 3.34. The Bertz CT molecular complexity index is 547. The lowest BCUT2D eigenvalue weighted by atomic mass is 10.1. The summed E-state index contributed by atoms with van der Waals surface area (Å²) in [5, 5.41) is 10.9. The van der Waals surface area contributed by atoms with E-state index in [1.165, 1.54) is 12.8 Å². The molecule has 0 saturated carbocycles. The number of amides is 1. The van der Waals surface area contributed by atoms with Crippen LogP contribution in [0.15, 0.2) is 24.4 Å². The number of benzene rings is 1. The van der Waals surface area contributed by atoms with Crippen LogP contribution in [-0.4, -0.2) is 22.1 Å². The van der Waals surface area contributed by atoms with Crippen molar-refractivity contribution in [1.29, 1.82) is 0 Å². The largest absolute Gasteiger partial charge is 0.350 e. The first-order valence-electron chi connectivity index (χ1n) is 6.95. The van der Waals surface area contributed by atoms with Gasteiger partial charge in [-0.25, -0.2) is 0 Å². The first-order valence-corrected chi connectivity index (χ1v) is 6.95. The number of para-hydroxylation sites is 1. The Morgan fingerprint density at radius 2 is 2.26 bits per heavy atom. The second-order valence-electron chi connectivity index (χ2n) is 5.01. The Balaban J connectivity index is 2.01. The molecule has 0 aliphatic rings. The molecule has 0 fully saturated rings. The fourth-order valence-corrected chi connectivity index (χ4v) is 2.23. The van der Waals surface area contributed by atoms with Crippen molar-refractivity contribution in [2.75, 3.05) is 0 Å². The molecule has 0 aliphatic heterocycles. The summed E-state index contributed by atoms with van der Waals surface area (Å²) < 4.78 is 0. The predicted octanol–water partition coefficient (Wildman–Crippen LogP) is 3.26. The Kier molecular flexibility index (Phi) is 4.55. The van der Waals surface area contributed by atoms with Crippen LogP contribution in [0.25, 0.3) is 10.9 Å². The van der Waals surface area contributed by atoms with Crippen molar-refractivity contribution in [2.45, 2.75) is 45.6 Å². The van der Waals surface area contributed by atoms with Gasteiger partial charge >= 0.3 is 0 Å². The van der Waals surface area contributed by atoms with Crippen molar-refractivity contribution in [2.24, 2.45) is 0 Å². The summed E-state index contributed by atoms with van der Waals surface area (Å²) in [7, 11) is 0. The molecule has 4 nitrogen and oxygen atoms in total. The number of nitrogens with zero attached hydrogens (tertiary/aromatic N) is 1. The third-order valence-corrected chi connectivity index (χ3v) is 3.34. The lowest BCUT2D eigenvalue weighted by molar-refractivity contribution is 0.0939. The lowest BCUT2D eigenvalue weighted by Crippen LogP contribution is -2.32. The number of nitrogens with one attached hydrogen (secondary N) is 2. The highest BCUT2D eigenvalue weighted by molar-refractivity contribution is 6.05. The number of hydrogen-bond acceptors (Lipinski definition) is 2. The number of unbranched alkanes of at least 4 members (excludes halogenated alkanes) is 2. The molecule has 0 radical (unpaired) electrons. The van der Waals surface area contributed by atoms with Gasteiger partial charge < -0.3 is 5.32 Å². The Hall–Kier alpha value is -1.84. The van der Waals surface area contributed by atoms with Gasteiger partial charge in [0.05, 0.1) is 17.3 Å². The summed E-state index contributed by atoms with van der Waals surface area (Å²) in [6.45, 7) is 4.24. The van der Waals surface area contributed by atoms with E-state index >= 15 is 0 Å². The minimum Gasteiger partial charge on any atom is -0.350 e. The van der Waals surface area contributed by atoms with E-state index < -0.39 is 0 Å². The van der Waals surface area contributed by atoms with Gasteiger partial charge in [-0.3, -0.25) is 9.89 Å². The summed E-state index contributed by atoms with van der Waals surface area (Å²) >= 11 is 0. The number of aromatic amines is 1. The second kappa shape index (κ2) is 6.36. The van der Waals surface area contributed by atoms with Gasteiger partial charge in [0.1, 0.15) is 0 Å². The van der Waals surface area contributed by atoms with E-state index in [1.54, 1.807) is 6.20 Å². The van der Waals surface area contributed by atoms with E-state index in [0.717, 1.165) is 23.7 Å². The molecule has 0 aliphatic carbocycles. The Labute approximate surface area is 113 Å². The highest BCUT2D eigenvalue weighted by atomic mass is 16.1. The summed E-state index contributed by atoms with van der Waals surface area (Å²) in [6.07, 6.45) is 6.34. The van der Waals surface area contributed by atoms with Crippen molar-refractivity contribution in [1.82, 2.24) is 15.5 Å². The monoisotopic (exact) mass is 259 g/mol. The van der Waals surface area contributed by atoms with E-state index in [4.69, 9.17) is 0 Å². The SMILES string of the molecule is CCCCC[C@@H](C)NC(=O)c1cccc2cn[nH]c12. The highest BCUT2D eigenvalue weighted by Gasteiger charge is 2.13. The third-order valence-electron chi connectivity index (χ3n) is 3.34. The summed E-state index contributed by atoms with van der Waals surface area (Å²) in [4.78, 5) is 12.2. The standard InChI is InChI=1S/C15H21N3O/c1-3-4-5-7-11(2)17-15(19)13-9-6-8-12-10-16-18-14(12)13/h6,8-11H,3-5,7H2,1-2H3,(H,16,18)(H,17,19)/t11-/m1/s1. The zero-order valence-corrected chi connectivity index (χ0v) is 11.6. The highest BCUT2D eigenvalue weighted by Crippen LogP contribution is 2.15. The molecule has 2 N–H and O–H groups in total. The molecule has 19 heavy (non-hydrogen) atoms. The molecular weight excluding hydrogens is 238 g/mol. The Morgan fingerprint density at radius 1 is 1.42 bits per heavy atom. The van der Waals surface area contributed by atoms with Gasteiger partial charge in [-0.15, -0.1) is 0 Å². The number of carbonyl (C=O) groups is 1. The van der Waals surface area contributed by atoms with E-state index in [2.05, 4.69) is 29.4 Å². The van der Waals surface area contributed by atoms with Gasteiger partial charge in [0.25, 0.3) is 5.91 Å². The fourth-order valence-electron chi connectivity index (χ4n) is 2.23. The number of aromatic nitrogens is 2. The van der Waals surface area contributed by atoms with Crippen LogP contribution in [0.4, 0.5) is 0 Å². The normalized spacial score (nSPS) is 12.5. The van der Waals surface area contributed by atoms with Gasteiger partial charge in [-0.05, 0) is 19.4 Å². The zero-order chi connectivity index (χ0) is 13.7. The molecule has 1 atom stereocenters. The molecule has 0 spiro atoms. The minimum absolute atomic E-state index is 0.0288. The molecule has 1 aromatic carbocycles. The van der Waals surface area contributed by atoms with Crippen molar-refractivity contribution >= 4 is 16.8 Å². The van der Waals surface area contributed by atoms with Gasteiger partial charge in [0, 0.05) is 11.4 Å². The number of rotatable bonds is 6. The number of fused-ring (bicyclic) bond motifs is 1. The fraction of sp³-hybridized carbons (Fsp3) is 0.467. The summed E-state index contributed by atoms with van der Waals surface area (Å²) in [5.41, 5.74) is 1.47. The molecule has 2 rings (SSSR count). The van der Waals surface area contributed by atoms with Crippen molar-refractivity contribution in [3.05, 3.63) is 30.0 Å². The molecule has 1 amide bonds. The molecule has 0 saturated heterocycles. The van der Waals surface area contributed by atoms with Gasteiger partial charge in [-0.1, -0.05) is 38.3 Å². The average molecular weight is 259 g/mol. The predicted molar refractivity (Wildman–Crippen MR) is 77.2 cm³/mol. The molecule has 4 heteroatoms. The van der Waals surface area contributed by atoms with Crippen LogP contribution in [0.5, 0.6) is 0 Å². The summed E-state index contributed by atoms with van der Waals surface area (Å²) in [6, 6.07) is 5.86. The van der Waals surface area contributed by atoms with Gasteiger partial charge in [-0.2, -0.15) is 5.10 Å². The van der Waals surface area contributed by atoms with E-state index in [0.29, 0.717) is 5.56 Å². The summed E-state index contributed by atoms with van der Waals surface area (Å²) in [5.74, 6) is -0.0288. The van der Waals surface area contributed by atoms with E-state index in [-0.39, 0.29) is 11.9 Å². The Morgan fingerprint density at radius 3 is 3.05 bits per heavy atom. The maximum Gasteiger partial charge on any atom is 0.253 e. The van der Waals surface area contributed by atoms with E-state index in [1.807, 2.05) is 18.2 Å². The van der Waals surface area contributed by atoms with Crippen LogP contribution in [0.3, 0.4) is 0 Å². The molecule has 0 unspecified atom stereocenters.